The fraction of sp³-hybridized carbons (Fsp3) is 0.217. The molecule has 1 amide bonds. The molecule has 28 heavy (non-hydrogen) atoms. The maximum absolute atomic E-state index is 12.4. The molecule has 0 aliphatic carbocycles. The maximum Gasteiger partial charge on any atom is 0.271 e. The van der Waals surface area contributed by atoms with Crippen LogP contribution in [0, 0.1) is 0 Å². The Morgan fingerprint density at radius 2 is 1.79 bits per heavy atom. The Morgan fingerprint density at radius 1 is 1.04 bits per heavy atom. The summed E-state index contributed by atoms with van der Waals surface area (Å²) in [5.41, 5.74) is 5.20. The lowest BCUT2D eigenvalue weighted by Gasteiger charge is -2.17. The summed E-state index contributed by atoms with van der Waals surface area (Å²) in [5, 5.41) is 6.28. The molecule has 0 bridgehead atoms. The molecule has 0 saturated carbocycles. The lowest BCUT2D eigenvalue weighted by Crippen LogP contribution is -2.19. The third-order valence-electron chi connectivity index (χ3n) is 5.11. The zero-order valence-corrected chi connectivity index (χ0v) is 15.9. The van der Waals surface area contributed by atoms with Crippen molar-refractivity contribution in [1.82, 2.24) is 5.43 Å². The van der Waals surface area contributed by atoms with Gasteiger partial charge in [-0.3, -0.25) is 4.79 Å². The summed E-state index contributed by atoms with van der Waals surface area (Å²) in [5.74, 6) is 0.482. The zero-order chi connectivity index (χ0) is 19.3. The second-order valence-electron chi connectivity index (χ2n) is 6.84. The van der Waals surface area contributed by atoms with Crippen LogP contribution in [0.4, 0.5) is 5.69 Å². The second-order valence-corrected chi connectivity index (χ2v) is 6.84. The molecule has 142 valence electrons. The van der Waals surface area contributed by atoms with E-state index in [1.807, 2.05) is 60.7 Å². The number of hydrazone groups is 1. The maximum atomic E-state index is 12.4. The molecule has 1 heterocycles. The summed E-state index contributed by atoms with van der Waals surface area (Å²) in [4.78, 5) is 14.8. The van der Waals surface area contributed by atoms with Gasteiger partial charge in [-0.05, 0) is 53.9 Å². The van der Waals surface area contributed by atoms with Crippen LogP contribution in [0.2, 0.25) is 0 Å². The zero-order valence-electron chi connectivity index (χ0n) is 15.9. The average molecular weight is 373 g/mol. The second kappa shape index (κ2) is 8.13. The van der Waals surface area contributed by atoms with Crippen molar-refractivity contribution in [2.75, 3.05) is 25.1 Å². The van der Waals surface area contributed by atoms with Crippen molar-refractivity contribution in [3.05, 3.63) is 71.8 Å². The molecular formula is C23H23N3O2. The summed E-state index contributed by atoms with van der Waals surface area (Å²) < 4.78 is 5.45. The highest BCUT2D eigenvalue weighted by atomic mass is 16.5. The van der Waals surface area contributed by atoms with E-state index in [9.17, 15) is 4.79 Å². The molecule has 4 rings (SSSR count). The minimum atomic E-state index is -0.233. The van der Waals surface area contributed by atoms with Crippen molar-refractivity contribution < 1.29 is 9.53 Å². The fourth-order valence-corrected chi connectivity index (χ4v) is 3.61. The Bertz CT molecular complexity index is 1010. The molecule has 1 fully saturated rings. The normalized spacial score (nSPS) is 14.0. The first kappa shape index (κ1) is 18.0. The standard InChI is InChI=1S/C23H23N3O2/c1-28-22-13-10-17-6-2-3-7-20(17)21(22)16-24-25-23(27)18-8-11-19(12-9-18)26-14-4-5-15-26/h2-3,6-13,16H,4-5,14-15H2,1H3,(H,25,27)/b24-16-. The number of carbonyl (C=O) groups is 1. The first-order valence-electron chi connectivity index (χ1n) is 9.50. The summed E-state index contributed by atoms with van der Waals surface area (Å²) in [6.07, 6.45) is 4.10. The number of hydrogen-bond acceptors (Lipinski definition) is 4. The number of ether oxygens (including phenoxy) is 1. The van der Waals surface area contributed by atoms with Gasteiger partial charge in [0.2, 0.25) is 0 Å². The van der Waals surface area contributed by atoms with Gasteiger partial charge < -0.3 is 9.64 Å². The van der Waals surface area contributed by atoms with Gasteiger partial charge in [-0.2, -0.15) is 5.10 Å². The van der Waals surface area contributed by atoms with Crippen LogP contribution in [-0.4, -0.2) is 32.3 Å². The molecule has 1 aliphatic rings. The van der Waals surface area contributed by atoms with Crippen molar-refractivity contribution >= 4 is 28.6 Å². The van der Waals surface area contributed by atoms with Gasteiger partial charge in [-0.25, -0.2) is 5.43 Å². The lowest BCUT2D eigenvalue weighted by molar-refractivity contribution is 0.0955. The molecule has 3 aromatic rings. The smallest absolute Gasteiger partial charge is 0.271 e. The van der Waals surface area contributed by atoms with E-state index in [2.05, 4.69) is 15.4 Å². The number of fused-ring (bicyclic) bond motifs is 1. The summed E-state index contributed by atoms with van der Waals surface area (Å²) in [6.45, 7) is 2.17. The van der Waals surface area contributed by atoms with E-state index >= 15 is 0 Å². The van der Waals surface area contributed by atoms with Gasteiger partial charge in [-0.1, -0.05) is 30.3 Å². The molecule has 0 aromatic heterocycles. The molecule has 0 radical (unpaired) electrons. The van der Waals surface area contributed by atoms with Crippen molar-refractivity contribution in [2.24, 2.45) is 5.10 Å². The van der Waals surface area contributed by atoms with Gasteiger partial charge in [0, 0.05) is 29.9 Å². The number of benzene rings is 3. The average Bonchev–Trinajstić information content (AvgIpc) is 3.29. The van der Waals surface area contributed by atoms with Crippen LogP contribution in [0.5, 0.6) is 5.75 Å². The van der Waals surface area contributed by atoms with Crippen molar-refractivity contribution in [3.8, 4) is 5.75 Å². The number of carbonyl (C=O) groups excluding carboxylic acids is 1. The van der Waals surface area contributed by atoms with Crippen molar-refractivity contribution in [3.63, 3.8) is 0 Å². The predicted octanol–water partition coefficient (Wildman–Crippen LogP) is 4.21. The van der Waals surface area contributed by atoms with Gasteiger partial charge in [0.1, 0.15) is 5.75 Å². The van der Waals surface area contributed by atoms with Gasteiger partial charge in [0.05, 0.1) is 13.3 Å². The quantitative estimate of drug-likeness (QED) is 0.538. The van der Waals surface area contributed by atoms with E-state index in [-0.39, 0.29) is 5.91 Å². The monoisotopic (exact) mass is 373 g/mol. The van der Waals surface area contributed by atoms with Crippen LogP contribution < -0.4 is 15.1 Å². The van der Waals surface area contributed by atoms with Gasteiger partial charge >= 0.3 is 0 Å². The van der Waals surface area contributed by atoms with Crippen LogP contribution in [0.15, 0.2) is 65.8 Å². The molecule has 0 unspecified atom stereocenters. The van der Waals surface area contributed by atoms with E-state index in [0.717, 1.165) is 35.1 Å². The number of methoxy groups -OCH3 is 1. The number of nitrogens with one attached hydrogen (secondary N) is 1. The molecule has 0 spiro atoms. The third-order valence-corrected chi connectivity index (χ3v) is 5.11. The number of anilines is 1. The summed E-state index contributed by atoms with van der Waals surface area (Å²) in [7, 11) is 1.63. The lowest BCUT2D eigenvalue weighted by atomic mass is 10.0. The van der Waals surface area contributed by atoms with Crippen LogP contribution >= 0.6 is 0 Å². The number of nitrogens with zero attached hydrogens (tertiary/aromatic N) is 2. The fourth-order valence-electron chi connectivity index (χ4n) is 3.61. The SMILES string of the molecule is COc1ccc2ccccc2c1/C=N\NC(=O)c1ccc(N2CCCC2)cc1. The van der Waals surface area contributed by atoms with Crippen LogP contribution in [-0.2, 0) is 0 Å². The van der Waals surface area contributed by atoms with Gasteiger partial charge in [0.15, 0.2) is 0 Å². The number of rotatable bonds is 5. The topological polar surface area (TPSA) is 53.9 Å². The predicted molar refractivity (Wildman–Crippen MR) is 113 cm³/mol. The Kier molecular flexibility index (Phi) is 5.24. The Balaban J connectivity index is 1.49. The first-order valence-corrected chi connectivity index (χ1v) is 9.50. The summed E-state index contributed by atoms with van der Waals surface area (Å²) >= 11 is 0. The molecular weight excluding hydrogens is 350 g/mol. The van der Waals surface area contributed by atoms with E-state index < -0.39 is 0 Å². The van der Waals surface area contributed by atoms with E-state index in [0.29, 0.717) is 11.3 Å². The van der Waals surface area contributed by atoms with E-state index in [1.54, 1.807) is 13.3 Å². The molecule has 3 aromatic carbocycles. The van der Waals surface area contributed by atoms with Crippen molar-refractivity contribution in [1.29, 1.82) is 0 Å². The largest absolute Gasteiger partial charge is 0.496 e. The van der Waals surface area contributed by atoms with Crippen LogP contribution in [0.25, 0.3) is 10.8 Å². The minimum Gasteiger partial charge on any atom is -0.496 e. The minimum absolute atomic E-state index is 0.233. The molecule has 5 nitrogen and oxygen atoms in total. The van der Waals surface area contributed by atoms with Crippen LogP contribution in [0.1, 0.15) is 28.8 Å². The van der Waals surface area contributed by atoms with E-state index in [4.69, 9.17) is 4.74 Å². The molecule has 0 atom stereocenters. The first-order chi connectivity index (χ1) is 13.8. The Labute approximate surface area is 164 Å². The molecule has 5 heteroatoms. The number of hydrogen-bond donors (Lipinski definition) is 1. The molecule has 1 N–H and O–H groups in total. The highest BCUT2D eigenvalue weighted by molar-refractivity contribution is 6.03. The Hall–Kier alpha value is -3.34. The molecule has 1 saturated heterocycles. The summed E-state index contributed by atoms with van der Waals surface area (Å²) in [6, 6.07) is 19.6. The Morgan fingerprint density at radius 3 is 2.54 bits per heavy atom. The van der Waals surface area contributed by atoms with E-state index in [1.165, 1.54) is 12.8 Å². The highest BCUT2D eigenvalue weighted by Gasteiger charge is 2.13. The van der Waals surface area contributed by atoms with Crippen LogP contribution in [0.3, 0.4) is 0 Å². The molecule has 1 aliphatic heterocycles. The highest BCUT2D eigenvalue weighted by Crippen LogP contribution is 2.26. The third kappa shape index (κ3) is 3.69. The van der Waals surface area contributed by atoms with Gasteiger partial charge in [0.25, 0.3) is 5.91 Å². The van der Waals surface area contributed by atoms with Gasteiger partial charge in [-0.15, -0.1) is 0 Å². The van der Waals surface area contributed by atoms with Crippen molar-refractivity contribution in [2.45, 2.75) is 12.8 Å². The number of amides is 1.